The first-order valence-electron chi connectivity index (χ1n) is 10.2. The van der Waals surface area contributed by atoms with Crippen molar-refractivity contribution in [3.63, 3.8) is 0 Å². The van der Waals surface area contributed by atoms with Crippen LogP contribution in [0.25, 0.3) is 11.1 Å². The fourth-order valence-corrected chi connectivity index (χ4v) is 4.18. The van der Waals surface area contributed by atoms with E-state index in [2.05, 4.69) is 29.6 Å². The van der Waals surface area contributed by atoms with Gasteiger partial charge in [0.1, 0.15) is 6.61 Å². The van der Waals surface area contributed by atoms with E-state index in [1.54, 1.807) is 4.90 Å². The Balaban J connectivity index is 1.24. The first-order chi connectivity index (χ1) is 14.2. The number of carbonyl (C=O) groups is 2. The highest BCUT2D eigenvalue weighted by Gasteiger charge is 2.34. The molecule has 0 radical (unpaired) electrons. The molecule has 1 unspecified atom stereocenters. The average molecular weight is 392 g/mol. The maximum atomic E-state index is 12.7. The Bertz CT molecular complexity index is 894. The number of fused-ring (bicyclic) bond motifs is 3. The van der Waals surface area contributed by atoms with Crippen molar-refractivity contribution in [3.05, 3.63) is 59.7 Å². The third kappa shape index (κ3) is 3.60. The minimum atomic E-state index is -0.621. The Morgan fingerprint density at radius 1 is 1.03 bits per heavy atom. The van der Waals surface area contributed by atoms with Crippen LogP contribution in [0.1, 0.15) is 29.9 Å². The lowest BCUT2D eigenvalue weighted by Crippen LogP contribution is -2.52. The van der Waals surface area contributed by atoms with Crippen LogP contribution in [0.3, 0.4) is 0 Å². The molecule has 5 rings (SSSR count). The lowest BCUT2D eigenvalue weighted by atomic mass is 9.98. The second-order valence-corrected chi connectivity index (χ2v) is 7.89. The minimum absolute atomic E-state index is 0.0290. The van der Waals surface area contributed by atoms with Crippen molar-refractivity contribution >= 4 is 12.0 Å². The van der Waals surface area contributed by atoms with Gasteiger partial charge in [-0.3, -0.25) is 4.79 Å². The molecular formula is C23H24N2O4. The molecule has 6 nitrogen and oxygen atoms in total. The molecule has 1 N–H and O–H groups in total. The highest BCUT2D eigenvalue weighted by Crippen LogP contribution is 2.44. The van der Waals surface area contributed by atoms with Gasteiger partial charge in [0.05, 0.1) is 13.2 Å². The molecule has 2 fully saturated rings. The zero-order valence-corrected chi connectivity index (χ0v) is 16.2. The summed E-state index contributed by atoms with van der Waals surface area (Å²) in [5.41, 5.74) is 4.77. The number of rotatable bonds is 4. The molecule has 0 spiro atoms. The quantitative estimate of drug-likeness (QED) is 0.869. The minimum Gasteiger partial charge on any atom is -0.448 e. The molecule has 2 aliphatic carbocycles. The summed E-state index contributed by atoms with van der Waals surface area (Å²) < 4.78 is 11.3. The Morgan fingerprint density at radius 3 is 2.34 bits per heavy atom. The van der Waals surface area contributed by atoms with Crippen molar-refractivity contribution in [3.8, 4) is 11.1 Å². The van der Waals surface area contributed by atoms with Crippen LogP contribution in [0, 0.1) is 0 Å². The molecule has 0 aromatic heterocycles. The molecule has 2 aromatic carbocycles. The van der Waals surface area contributed by atoms with Gasteiger partial charge in [0.2, 0.25) is 0 Å². The largest absolute Gasteiger partial charge is 0.448 e. The number of hydrogen-bond acceptors (Lipinski definition) is 4. The normalized spacial score (nSPS) is 20.7. The van der Waals surface area contributed by atoms with Gasteiger partial charge in [0.25, 0.3) is 5.91 Å². The van der Waals surface area contributed by atoms with Crippen molar-refractivity contribution in [2.75, 3.05) is 26.3 Å². The van der Waals surface area contributed by atoms with Crippen molar-refractivity contribution in [2.45, 2.75) is 30.9 Å². The number of hydrogen-bond donors (Lipinski definition) is 1. The predicted molar refractivity (Wildman–Crippen MR) is 108 cm³/mol. The second kappa shape index (κ2) is 7.52. The van der Waals surface area contributed by atoms with Crippen LogP contribution in [-0.4, -0.2) is 55.3 Å². The van der Waals surface area contributed by atoms with Crippen molar-refractivity contribution in [1.29, 1.82) is 0 Å². The molecule has 2 aromatic rings. The zero-order valence-electron chi connectivity index (χ0n) is 16.2. The predicted octanol–water partition coefficient (Wildman–Crippen LogP) is 2.91. The monoisotopic (exact) mass is 392 g/mol. The summed E-state index contributed by atoms with van der Waals surface area (Å²) in [6.07, 6.45) is 1.03. The van der Waals surface area contributed by atoms with E-state index in [1.165, 1.54) is 22.3 Å². The van der Waals surface area contributed by atoms with Crippen LogP contribution < -0.4 is 5.32 Å². The van der Waals surface area contributed by atoms with E-state index in [-0.39, 0.29) is 37.1 Å². The van der Waals surface area contributed by atoms with Crippen molar-refractivity contribution < 1.29 is 19.1 Å². The molecule has 1 heterocycles. The number of nitrogens with one attached hydrogen (secondary N) is 1. The van der Waals surface area contributed by atoms with E-state index in [0.717, 1.165) is 12.8 Å². The van der Waals surface area contributed by atoms with Gasteiger partial charge in [0, 0.05) is 18.5 Å². The van der Waals surface area contributed by atoms with E-state index >= 15 is 0 Å². The number of nitrogens with zero attached hydrogens (tertiary/aromatic N) is 1. The Kier molecular flexibility index (Phi) is 4.72. The summed E-state index contributed by atoms with van der Waals surface area (Å²) in [7, 11) is 0. The van der Waals surface area contributed by atoms with Gasteiger partial charge in [-0.05, 0) is 35.1 Å². The summed E-state index contributed by atoms with van der Waals surface area (Å²) in [4.78, 5) is 26.5. The van der Waals surface area contributed by atoms with Crippen LogP contribution in [0.2, 0.25) is 0 Å². The number of ether oxygens (including phenoxy) is 2. The van der Waals surface area contributed by atoms with Gasteiger partial charge < -0.3 is 19.7 Å². The zero-order chi connectivity index (χ0) is 19.8. The lowest BCUT2D eigenvalue weighted by molar-refractivity contribution is -0.137. The van der Waals surface area contributed by atoms with E-state index in [0.29, 0.717) is 13.2 Å². The van der Waals surface area contributed by atoms with Gasteiger partial charge in [-0.1, -0.05) is 48.5 Å². The Morgan fingerprint density at radius 2 is 1.69 bits per heavy atom. The van der Waals surface area contributed by atoms with Crippen molar-refractivity contribution in [2.24, 2.45) is 0 Å². The maximum absolute atomic E-state index is 12.7. The number of amides is 2. The van der Waals surface area contributed by atoms with Crippen LogP contribution in [0.15, 0.2) is 48.5 Å². The molecule has 0 bridgehead atoms. The van der Waals surface area contributed by atoms with Gasteiger partial charge >= 0.3 is 6.09 Å². The summed E-state index contributed by atoms with van der Waals surface area (Å²) >= 11 is 0. The van der Waals surface area contributed by atoms with E-state index < -0.39 is 6.10 Å². The molecule has 2 amide bonds. The third-order valence-corrected chi connectivity index (χ3v) is 5.88. The molecule has 1 aliphatic heterocycles. The maximum Gasteiger partial charge on any atom is 0.409 e. The molecule has 1 saturated carbocycles. The standard InChI is InChI=1S/C23H24N2O4/c26-22(24-15-9-10-15)21-13-25(11-12-28-21)23(27)29-14-20-18-7-3-1-5-16(18)17-6-2-4-8-19(17)20/h1-8,15,20-21H,9-14H2,(H,24,26). The van der Waals surface area contributed by atoms with E-state index in [9.17, 15) is 9.59 Å². The summed E-state index contributed by atoms with van der Waals surface area (Å²) in [5, 5.41) is 2.94. The first kappa shape index (κ1) is 18.2. The van der Waals surface area contributed by atoms with Gasteiger partial charge in [0.15, 0.2) is 6.10 Å². The number of morpholine rings is 1. The highest BCUT2D eigenvalue weighted by atomic mass is 16.6. The molecule has 1 saturated heterocycles. The van der Waals surface area contributed by atoms with E-state index in [4.69, 9.17) is 9.47 Å². The molecule has 6 heteroatoms. The Hall–Kier alpha value is -2.86. The van der Waals surface area contributed by atoms with E-state index in [1.807, 2.05) is 24.3 Å². The molecule has 29 heavy (non-hydrogen) atoms. The average Bonchev–Trinajstić information content (AvgIpc) is 3.52. The fourth-order valence-electron chi connectivity index (χ4n) is 4.18. The first-order valence-corrected chi connectivity index (χ1v) is 10.2. The topological polar surface area (TPSA) is 67.9 Å². The molecule has 3 aliphatic rings. The smallest absolute Gasteiger partial charge is 0.409 e. The highest BCUT2D eigenvalue weighted by molar-refractivity contribution is 5.82. The summed E-state index contributed by atoms with van der Waals surface area (Å²) in [6.45, 7) is 1.29. The van der Waals surface area contributed by atoms with Crippen LogP contribution >= 0.6 is 0 Å². The molecular weight excluding hydrogens is 368 g/mol. The van der Waals surface area contributed by atoms with Gasteiger partial charge in [-0.15, -0.1) is 0 Å². The number of benzene rings is 2. The summed E-state index contributed by atoms with van der Waals surface area (Å²) in [5.74, 6) is -0.106. The molecule has 1 atom stereocenters. The van der Waals surface area contributed by atoms with Crippen molar-refractivity contribution in [1.82, 2.24) is 10.2 Å². The lowest BCUT2D eigenvalue weighted by Gasteiger charge is -2.31. The van der Waals surface area contributed by atoms with Gasteiger partial charge in [-0.25, -0.2) is 4.79 Å². The molecule has 150 valence electrons. The third-order valence-electron chi connectivity index (χ3n) is 5.88. The van der Waals surface area contributed by atoms with Gasteiger partial charge in [-0.2, -0.15) is 0 Å². The van der Waals surface area contributed by atoms with Crippen LogP contribution in [-0.2, 0) is 14.3 Å². The fraction of sp³-hybridized carbons (Fsp3) is 0.391. The second-order valence-electron chi connectivity index (χ2n) is 7.89. The number of carbonyl (C=O) groups excluding carboxylic acids is 2. The van der Waals surface area contributed by atoms with Crippen LogP contribution in [0.5, 0.6) is 0 Å². The summed E-state index contributed by atoms with van der Waals surface area (Å²) in [6, 6.07) is 16.8. The van der Waals surface area contributed by atoms with Crippen LogP contribution in [0.4, 0.5) is 4.79 Å². The SMILES string of the molecule is O=C(NC1CC1)C1CN(C(=O)OCC2c3ccccc3-c3ccccc32)CCO1. The Labute approximate surface area is 169 Å².